The maximum absolute atomic E-state index is 12.7. The number of carbonyl (C=O) groups excluding carboxylic acids is 3. The Balaban J connectivity index is 1.90. The van der Waals surface area contributed by atoms with Crippen LogP contribution in [0.1, 0.15) is 42.2 Å². The van der Waals surface area contributed by atoms with Crippen molar-refractivity contribution < 1.29 is 19.1 Å². The van der Waals surface area contributed by atoms with Crippen LogP contribution in [0.5, 0.6) is 0 Å². The van der Waals surface area contributed by atoms with Gasteiger partial charge in [0.05, 0.1) is 12.7 Å². The zero-order valence-electron chi connectivity index (χ0n) is 17.1. The van der Waals surface area contributed by atoms with Gasteiger partial charge in [0.2, 0.25) is 0 Å². The third-order valence-electron chi connectivity index (χ3n) is 4.45. The lowest BCUT2D eigenvalue weighted by molar-refractivity contribution is 0.0600. The van der Waals surface area contributed by atoms with Crippen LogP contribution < -0.4 is 10.6 Å². The molecule has 0 radical (unpaired) electrons. The minimum absolute atomic E-state index is 0.148. The summed E-state index contributed by atoms with van der Waals surface area (Å²) in [6, 6.07) is 17.5. The molecule has 3 rings (SSSR count). The molecule has 3 aromatic carbocycles. The summed E-state index contributed by atoms with van der Waals surface area (Å²) in [5.74, 6) is 3.46. The summed E-state index contributed by atoms with van der Waals surface area (Å²) in [5.41, 5.74) is 2.54. The van der Waals surface area contributed by atoms with Gasteiger partial charge in [-0.2, -0.15) is 0 Å². The van der Waals surface area contributed by atoms with E-state index < -0.39 is 17.8 Å². The second-order valence-corrected chi connectivity index (χ2v) is 6.65. The van der Waals surface area contributed by atoms with Gasteiger partial charge in [0, 0.05) is 33.6 Å². The van der Waals surface area contributed by atoms with E-state index in [0.29, 0.717) is 22.3 Å². The van der Waals surface area contributed by atoms with E-state index in [9.17, 15) is 14.4 Å². The van der Waals surface area contributed by atoms with Crippen LogP contribution in [0.2, 0.25) is 0 Å². The second kappa shape index (κ2) is 9.80. The van der Waals surface area contributed by atoms with Gasteiger partial charge in [-0.25, -0.2) is 4.79 Å². The SMILES string of the molecule is C#Cc1cccc(C(=O)Nc2cc(NC(=O)c3cccc(C#C)c3)cc(C(=O)OC)c2)c1. The van der Waals surface area contributed by atoms with Crippen molar-refractivity contribution in [3.05, 3.63) is 94.5 Å². The summed E-state index contributed by atoms with van der Waals surface area (Å²) >= 11 is 0. The number of carbonyl (C=O) groups is 3. The minimum atomic E-state index is -0.625. The highest BCUT2D eigenvalue weighted by Crippen LogP contribution is 2.22. The maximum atomic E-state index is 12.7. The fraction of sp³-hybridized carbons (Fsp3) is 0.0385. The van der Waals surface area contributed by atoms with Crippen LogP contribution in [-0.2, 0) is 4.74 Å². The van der Waals surface area contributed by atoms with Gasteiger partial charge in [-0.15, -0.1) is 12.8 Å². The number of hydrogen-bond acceptors (Lipinski definition) is 4. The molecule has 0 spiro atoms. The summed E-state index contributed by atoms with van der Waals surface area (Å²) in [6.07, 6.45) is 10.8. The summed E-state index contributed by atoms with van der Waals surface area (Å²) in [7, 11) is 1.24. The van der Waals surface area contributed by atoms with Gasteiger partial charge in [0.1, 0.15) is 0 Å². The molecule has 0 aromatic heterocycles. The first kappa shape index (κ1) is 21.9. The molecule has 0 unspecified atom stereocenters. The van der Waals surface area contributed by atoms with Gasteiger partial charge in [-0.1, -0.05) is 24.0 Å². The molecule has 0 saturated carbocycles. The number of esters is 1. The van der Waals surface area contributed by atoms with Crippen molar-refractivity contribution in [3.8, 4) is 24.7 Å². The molecular weight excluding hydrogens is 404 g/mol. The monoisotopic (exact) mass is 422 g/mol. The Hall–Kier alpha value is -4.81. The molecule has 32 heavy (non-hydrogen) atoms. The van der Waals surface area contributed by atoms with E-state index in [1.165, 1.54) is 25.3 Å². The third kappa shape index (κ3) is 5.21. The Labute approximate surface area is 185 Å². The average molecular weight is 422 g/mol. The molecule has 156 valence electrons. The summed E-state index contributed by atoms with van der Waals surface area (Å²) < 4.78 is 4.78. The van der Waals surface area contributed by atoms with Crippen molar-refractivity contribution in [3.63, 3.8) is 0 Å². The van der Waals surface area contributed by atoms with Gasteiger partial charge >= 0.3 is 5.97 Å². The fourth-order valence-electron chi connectivity index (χ4n) is 2.91. The van der Waals surface area contributed by atoms with Crippen LogP contribution in [0.15, 0.2) is 66.7 Å². The maximum Gasteiger partial charge on any atom is 0.337 e. The van der Waals surface area contributed by atoms with E-state index in [4.69, 9.17) is 17.6 Å². The second-order valence-electron chi connectivity index (χ2n) is 6.65. The van der Waals surface area contributed by atoms with E-state index in [0.717, 1.165) is 0 Å². The predicted molar refractivity (Wildman–Crippen MR) is 122 cm³/mol. The predicted octanol–water partition coefficient (Wildman–Crippen LogP) is 3.94. The molecule has 2 amide bonds. The summed E-state index contributed by atoms with van der Waals surface area (Å²) in [4.78, 5) is 37.4. The van der Waals surface area contributed by atoms with Crippen LogP contribution in [0, 0.1) is 24.7 Å². The van der Waals surface area contributed by atoms with Crippen LogP contribution in [0.25, 0.3) is 0 Å². The molecule has 6 heteroatoms. The molecule has 0 bridgehead atoms. The molecule has 0 aliphatic heterocycles. The molecule has 0 atom stereocenters. The summed E-state index contributed by atoms with van der Waals surface area (Å²) in [5, 5.41) is 5.41. The van der Waals surface area contributed by atoms with Gasteiger partial charge in [0.25, 0.3) is 11.8 Å². The number of terminal acetylenes is 2. The number of rotatable bonds is 5. The lowest BCUT2D eigenvalue weighted by atomic mass is 10.1. The van der Waals surface area contributed by atoms with Gasteiger partial charge < -0.3 is 15.4 Å². The van der Waals surface area contributed by atoms with Crippen molar-refractivity contribution in [1.82, 2.24) is 0 Å². The standard InChI is InChI=1S/C26H18N2O4/c1-4-17-8-6-10-19(12-17)24(29)27-22-14-21(26(31)32-3)15-23(16-22)28-25(30)20-11-7-9-18(5-2)13-20/h1-2,6-16H,3H3,(H,27,29)(H,28,30). The highest BCUT2D eigenvalue weighted by molar-refractivity contribution is 6.07. The topological polar surface area (TPSA) is 84.5 Å². The molecular formula is C26H18N2O4. The lowest BCUT2D eigenvalue weighted by Gasteiger charge is -2.12. The zero-order valence-corrected chi connectivity index (χ0v) is 17.1. The van der Waals surface area contributed by atoms with Gasteiger partial charge in [-0.3, -0.25) is 9.59 Å². The molecule has 3 aromatic rings. The number of ether oxygens (including phenoxy) is 1. The zero-order chi connectivity index (χ0) is 23.1. The normalized spacial score (nSPS) is 9.72. The molecule has 0 saturated heterocycles. The fourth-order valence-corrected chi connectivity index (χ4v) is 2.91. The van der Waals surface area contributed by atoms with Crippen molar-refractivity contribution >= 4 is 29.2 Å². The Bertz CT molecular complexity index is 1210. The number of nitrogens with one attached hydrogen (secondary N) is 2. The Morgan fingerprint density at radius 1 is 0.719 bits per heavy atom. The van der Waals surface area contributed by atoms with E-state index in [1.807, 2.05) is 0 Å². The van der Waals surface area contributed by atoms with E-state index in [-0.39, 0.29) is 16.9 Å². The van der Waals surface area contributed by atoms with Crippen LogP contribution >= 0.6 is 0 Å². The van der Waals surface area contributed by atoms with Crippen molar-refractivity contribution in [2.24, 2.45) is 0 Å². The first-order chi connectivity index (χ1) is 15.4. The molecule has 6 nitrogen and oxygen atoms in total. The van der Waals surface area contributed by atoms with Crippen molar-refractivity contribution in [2.75, 3.05) is 17.7 Å². The minimum Gasteiger partial charge on any atom is -0.465 e. The molecule has 2 N–H and O–H groups in total. The highest BCUT2D eigenvalue weighted by atomic mass is 16.5. The van der Waals surface area contributed by atoms with Crippen LogP contribution in [0.3, 0.4) is 0 Å². The first-order valence-corrected chi connectivity index (χ1v) is 9.43. The van der Waals surface area contributed by atoms with Crippen molar-refractivity contribution in [1.29, 1.82) is 0 Å². The lowest BCUT2D eigenvalue weighted by Crippen LogP contribution is -2.15. The van der Waals surface area contributed by atoms with E-state index in [2.05, 4.69) is 22.5 Å². The smallest absolute Gasteiger partial charge is 0.337 e. The largest absolute Gasteiger partial charge is 0.465 e. The van der Waals surface area contributed by atoms with Crippen LogP contribution in [-0.4, -0.2) is 24.9 Å². The van der Waals surface area contributed by atoms with E-state index >= 15 is 0 Å². The number of amides is 2. The molecule has 0 aliphatic rings. The number of methoxy groups -OCH3 is 1. The van der Waals surface area contributed by atoms with Crippen LogP contribution in [0.4, 0.5) is 11.4 Å². The number of benzene rings is 3. The number of anilines is 2. The summed E-state index contributed by atoms with van der Waals surface area (Å²) in [6.45, 7) is 0. The third-order valence-corrected chi connectivity index (χ3v) is 4.45. The van der Waals surface area contributed by atoms with Gasteiger partial charge in [-0.05, 0) is 54.6 Å². The quantitative estimate of drug-likeness (QED) is 0.482. The van der Waals surface area contributed by atoms with E-state index in [1.54, 1.807) is 48.5 Å². The highest BCUT2D eigenvalue weighted by Gasteiger charge is 2.14. The molecule has 0 aliphatic carbocycles. The van der Waals surface area contributed by atoms with Crippen molar-refractivity contribution in [2.45, 2.75) is 0 Å². The number of hydrogen-bond donors (Lipinski definition) is 2. The molecule has 0 heterocycles. The average Bonchev–Trinajstić information content (AvgIpc) is 2.83. The van der Waals surface area contributed by atoms with Gasteiger partial charge in [0.15, 0.2) is 0 Å². The molecule has 0 fully saturated rings. The Morgan fingerprint density at radius 2 is 1.19 bits per heavy atom. The Kier molecular flexibility index (Phi) is 6.70. The Morgan fingerprint density at radius 3 is 1.59 bits per heavy atom. The first-order valence-electron chi connectivity index (χ1n) is 9.43.